The van der Waals surface area contributed by atoms with Crippen LogP contribution in [0, 0.1) is 4.91 Å². The van der Waals surface area contributed by atoms with Gasteiger partial charge in [-0.25, -0.2) is 9.97 Å². The van der Waals surface area contributed by atoms with E-state index in [4.69, 9.17) is 5.73 Å². The summed E-state index contributed by atoms with van der Waals surface area (Å²) in [4.78, 5) is 23.8. The lowest BCUT2D eigenvalue weighted by atomic mass is 9.78. The molecule has 124 valence electrons. The number of benzene rings is 1. The molecule has 1 aliphatic rings. The van der Waals surface area contributed by atoms with Crippen LogP contribution in [0.2, 0.25) is 0 Å². The van der Waals surface area contributed by atoms with Crippen molar-refractivity contribution in [3.63, 3.8) is 0 Å². The maximum absolute atomic E-state index is 11.4. The number of aromatic nitrogens is 3. The summed E-state index contributed by atoms with van der Waals surface area (Å²) < 4.78 is 0. The number of anilines is 1. The van der Waals surface area contributed by atoms with Crippen LogP contribution >= 0.6 is 0 Å². The number of nitrogen functional groups attached to an aromatic ring is 1. The highest BCUT2D eigenvalue weighted by molar-refractivity contribution is 5.67. The van der Waals surface area contributed by atoms with Gasteiger partial charge in [-0.2, -0.15) is 4.91 Å². The molecule has 25 heavy (non-hydrogen) atoms. The van der Waals surface area contributed by atoms with Crippen LogP contribution in [0.15, 0.2) is 60.2 Å². The first kappa shape index (κ1) is 15.4. The highest BCUT2D eigenvalue weighted by Crippen LogP contribution is 2.42. The van der Waals surface area contributed by atoms with Crippen LogP contribution in [0.1, 0.15) is 35.2 Å². The first-order chi connectivity index (χ1) is 12.3. The maximum atomic E-state index is 11.4. The molecular formula is C19H17N5O. The molecule has 2 heterocycles. The number of rotatable bonds is 3. The Morgan fingerprint density at radius 3 is 2.68 bits per heavy atom. The lowest BCUT2D eigenvalue weighted by Gasteiger charge is -2.28. The summed E-state index contributed by atoms with van der Waals surface area (Å²) in [5.41, 5.74) is 10.8. The molecule has 1 aliphatic carbocycles. The number of nitrogens with zero attached hydrogens (tertiary/aromatic N) is 4. The summed E-state index contributed by atoms with van der Waals surface area (Å²) in [5.74, 6) is 0.375. The molecule has 1 aromatic carbocycles. The maximum Gasteiger partial charge on any atom is 0.220 e. The molecule has 2 N–H and O–H groups in total. The molecule has 0 spiro atoms. The van der Waals surface area contributed by atoms with Gasteiger partial charge in [0.2, 0.25) is 5.95 Å². The second-order valence-corrected chi connectivity index (χ2v) is 6.21. The summed E-state index contributed by atoms with van der Waals surface area (Å²) in [6.45, 7) is 0. The normalized spacial score (nSPS) is 19.2. The summed E-state index contributed by atoms with van der Waals surface area (Å²) >= 11 is 0. The molecule has 0 saturated carbocycles. The summed E-state index contributed by atoms with van der Waals surface area (Å²) in [6.07, 6.45) is 6.56. The lowest BCUT2D eigenvalue weighted by Crippen LogP contribution is -2.19. The molecule has 0 bridgehead atoms. The average Bonchev–Trinajstić information content (AvgIpc) is 2.67. The van der Waals surface area contributed by atoms with Crippen molar-refractivity contribution in [1.29, 1.82) is 0 Å². The van der Waals surface area contributed by atoms with Gasteiger partial charge in [-0.15, -0.1) is 0 Å². The molecule has 0 amide bonds. The second-order valence-electron chi connectivity index (χ2n) is 6.21. The average molecular weight is 331 g/mol. The minimum atomic E-state index is -0.445. The van der Waals surface area contributed by atoms with E-state index in [0.717, 1.165) is 28.8 Å². The number of nitrogens with two attached hydrogens (primary N) is 1. The van der Waals surface area contributed by atoms with Crippen LogP contribution in [0.25, 0.3) is 11.1 Å². The van der Waals surface area contributed by atoms with E-state index in [0.29, 0.717) is 6.42 Å². The third-order valence-electron chi connectivity index (χ3n) is 4.74. The largest absolute Gasteiger partial charge is 0.368 e. The molecule has 2 aromatic heterocycles. The van der Waals surface area contributed by atoms with Crippen LogP contribution in [-0.2, 0) is 6.42 Å². The molecule has 4 rings (SSSR count). The molecular weight excluding hydrogens is 314 g/mol. The van der Waals surface area contributed by atoms with Crippen LogP contribution in [0.3, 0.4) is 0 Å². The van der Waals surface area contributed by atoms with Crippen molar-refractivity contribution in [1.82, 2.24) is 15.0 Å². The molecule has 2 atom stereocenters. The number of fused-ring (bicyclic) bond motifs is 1. The van der Waals surface area contributed by atoms with Crippen LogP contribution in [-0.4, -0.2) is 15.0 Å². The van der Waals surface area contributed by atoms with Crippen molar-refractivity contribution in [3.05, 3.63) is 76.7 Å². The molecule has 6 heteroatoms. The molecule has 6 nitrogen and oxygen atoms in total. The third kappa shape index (κ3) is 2.87. The fraction of sp³-hybridized carbons (Fsp3) is 0.211. The fourth-order valence-electron chi connectivity index (χ4n) is 3.58. The van der Waals surface area contributed by atoms with E-state index in [2.05, 4.69) is 32.3 Å². The first-order valence-corrected chi connectivity index (χ1v) is 8.19. The Morgan fingerprint density at radius 1 is 1.08 bits per heavy atom. The number of hydrogen-bond acceptors (Lipinski definition) is 6. The summed E-state index contributed by atoms with van der Waals surface area (Å²) in [5, 5.41) is 3.32. The summed E-state index contributed by atoms with van der Waals surface area (Å²) in [7, 11) is 0. The highest BCUT2D eigenvalue weighted by atomic mass is 16.3. The molecule has 0 saturated heterocycles. The monoisotopic (exact) mass is 331 g/mol. The predicted octanol–water partition coefficient (Wildman–Crippen LogP) is 3.66. The molecule has 0 aliphatic heterocycles. The van der Waals surface area contributed by atoms with Crippen molar-refractivity contribution in [3.8, 4) is 11.1 Å². The standard InChI is InChI=1S/C19H17N5O/c20-19-22-11-16-17(23-19)9-13(10-18(16)24-25)15-4-2-1-3-14(15)12-5-7-21-8-6-12/h1-8,11,13,18H,9-10H2,(H2,20,22,23). The van der Waals surface area contributed by atoms with Gasteiger partial charge < -0.3 is 5.73 Å². The van der Waals surface area contributed by atoms with Crippen molar-refractivity contribution in [2.24, 2.45) is 5.18 Å². The van der Waals surface area contributed by atoms with Gasteiger partial charge in [0.15, 0.2) is 0 Å². The van der Waals surface area contributed by atoms with Gasteiger partial charge in [-0.05, 0) is 47.6 Å². The van der Waals surface area contributed by atoms with Crippen molar-refractivity contribution in [2.45, 2.75) is 24.8 Å². The van der Waals surface area contributed by atoms with E-state index < -0.39 is 6.04 Å². The Hall–Kier alpha value is -3.15. The molecule has 0 radical (unpaired) electrons. The zero-order valence-corrected chi connectivity index (χ0v) is 13.5. The van der Waals surface area contributed by atoms with E-state index in [1.165, 1.54) is 5.56 Å². The zero-order chi connectivity index (χ0) is 17.2. The highest BCUT2D eigenvalue weighted by Gasteiger charge is 2.31. The van der Waals surface area contributed by atoms with E-state index in [9.17, 15) is 4.91 Å². The van der Waals surface area contributed by atoms with Gasteiger partial charge in [0.05, 0.1) is 5.69 Å². The Balaban J connectivity index is 1.78. The fourth-order valence-corrected chi connectivity index (χ4v) is 3.58. The molecule has 0 fully saturated rings. The molecule has 2 unspecified atom stereocenters. The van der Waals surface area contributed by atoms with E-state index >= 15 is 0 Å². The Kier molecular flexibility index (Phi) is 3.93. The smallest absolute Gasteiger partial charge is 0.220 e. The topological polar surface area (TPSA) is 94.1 Å². The van der Waals surface area contributed by atoms with Gasteiger partial charge in [-0.1, -0.05) is 29.4 Å². The second kappa shape index (κ2) is 6.39. The van der Waals surface area contributed by atoms with Crippen molar-refractivity contribution < 1.29 is 0 Å². The Bertz CT molecular complexity index is 913. The minimum Gasteiger partial charge on any atom is -0.368 e. The van der Waals surface area contributed by atoms with Crippen molar-refractivity contribution in [2.75, 3.05) is 5.73 Å². The number of pyridine rings is 1. The SMILES string of the molecule is Nc1ncc2c(n1)CC(c1ccccc1-c1ccncc1)CC2N=O. The van der Waals surface area contributed by atoms with Crippen LogP contribution < -0.4 is 5.73 Å². The van der Waals surface area contributed by atoms with Gasteiger partial charge in [0.25, 0.3) is 0 Å². The van der Waals surface area contributed by atoms with E-state index in [1.54, 1.807) is 18.6 Å². The molecule has 3 aromatic rings. The first-order valence-electron chi connectivity index (χ1n) is 8.19. The minimum absolute atomic E-state index is 0.147. The van der Waals surface area contributed by atoms with Gasteiger partial charge >= 0.3 is 0 Å². The quantitative estimate of drug-likeness (QED) is 0.739. The predicted molar refractivity (Wildman–Crippen MR) is 95.7 cm³/mol. The Morgan fingerprint density at radius 2 is 1.88 bits per heavy atom. The van der Waals surface area contributed by atoms with Gasteiger partial charge in [-0.3, -0.25) is 4.98 Å². The van der Waals surface area contributed by atoms with Gasteiger partial charge in [0.1, 0.15) is 6.04 Å². The number of hydrogen-bond donors (Lipinski definition) is 1. The van der Waals surface area contributed by atoms with Crippen molar-refractivity contribution >= 4 is 5.95 Å². The summed E-state index contributed by atoms with van der Waals surface area (Å²) in [6, 6.07) is 11.8. The lowest BCUT2D eigenvalue weighted by molar-refractivity contribution is 0.493. The van der Waals surface area contributed by atoms with Gasteiger partial charge in [0, 0.05) is 24.2 Å². The van der Waals surface area contributed by atoms with Crippen LogP contribution in [0.5, 0.6) is 0 Å². The zero-order valence-electron chi connectivity index (χ0n) is 13.5. The Labute approximate surface area is 145 Å². The number of nitroso groups, excluding NO2 is 1. The van der Waals surface area contributed by atoms with Crippen LogP contribution in [0.4, 0.5) is 5.95 Å². The van der Waals surface area contributed by atoms with E-state index in [1.807, 2.05) is 24.3 Å². The third-order valence-corrected chi connectivity index (χ3v) is 4.74. The van der Waals surface area contributed by atoms with E-state index in [-0.39, 0.29) is 11.9 Å².